The van der Waals surface area contributed by atoms with Gasteiger partial charge in [-0.15, -0.1) is 0 Å². The molecule has 0 aromatic heterocycles. The van der Waals surface area contributed by atoms with Crippen LogP contribution in [-0.2, 0) is 11.2 Å². The standard InChI is InChI=1S/C19H29FN4O2/c1-3-21-18(22-12-11-14-7-5-6-8-16(14)20)23-13-17(15-9-10-15)24-19(25)26-4-2/h5-8,15,17H,3-4,9-13H2,1-2H3,(H,24,25)(H2,21,22,23). The molecule has 1 aliphatic carbocycles. The van der Waals surface area contributed by atoms with Crippen molar-refractivity contribution in [3.63, 3.8) is 0 Å². The molecule has 7 heteroatoms. The maximum atomic E-state index is 13.7. The van der Waals surface area contributed by atoms with E-state index in [0.717, 1.165) is 19.4 Å². The summed E-state index contributed by atoms with van der Waals surface area (Å²) >= 11 is 0. The zero-order valence-corrected chi connectivity index (χ0v) is 15.6. The molecule has 0 radical (unpaired) electrons. The lowest BCUT2D eigenvalue weighted by Crippen LogP contribution is -2.42. The summed E-state index contributed by atoms with van der Waals surface area (Å²) in [6.07, 6.45) is 2.38. The Morgan fingerprint density at radius 3 is 2.73 bits per heavy atom. The zero-order valence-electron chi connectivity index (χ0n) is 15.6. The van der Waals surface area contributed by atoms with Gasteiger partial charge in [0.15, 0.2) is 5.96 Å². The van der Waals surface area contributed by atoms with Crippen LogP contribution in [0, 0.1) is 11.7 Å². The van der Waals surface area contributed by atoms with Gasteiger partial charge in [0.2, 0.25) is 0 Å². The molecule has 6 nitrogen and oxygen atoms in total. The monoisotopic (exact) mass is 364 g/mol. The fourth-order valence-corrected chi connectivity index (χ4v) is 2.68. The molecule has 1 unspecified atom stereocenters. The Labute approximate surface area is 154 Å². The number of hydrogen-bond acceptors (Lipinski definition) is 3. The topological polar surface area (TPSA) is 74.8 Å². The Kier molecular flexibility index (Phi) is 8.18. The molecule has 1 aliphatic rings. The number of carbonyl (C=O) groups is 1. The molecule has 144 valence electrons. The van der Waals surface area contributed by atoms with E-state index < -0.39 is 6.09 Å². The quantitative estimate of drug-likeness (QED) is 0.465. The summed E-state index contributed by atoms with van der Waals surface area (Å²) in [7, 11) is 0. The summed E-state index contributed by atoms with van der Waals surface area (Å²) in [5.74, 6) is 0.938. The summed E-state index contributed by atoms with van der Waals surface area (Å²) < 4.78 is 18.6. The second kappa shape index (κ2) is 10.6. The minimum atomic E-state index is -0.392. The fourth-order valence-electron chi connectivity index (χ4n) is 2.68. The van der Waals surface area contributed by atoms with Crippen LogP contribution < -0.4 is 16.0 Å². The van der Waals surface area contributed by atoms with Crippen LogP contribution in [0.4, 0.5) is 9.18 Å². The van der Waals surface area contributed by atoms with E-state index in [2.05, 4.69) is 20.9 Å². The average molecular weight is 364 g/mol. The van der Waals surface area contributed by atoms with Gasteiger partial charge in [0.25, 0.3) is 0 Å². The maximum Gasteiger partial charge on any atom is 0.407 e. The Hall–Kier alpha value is -2.31. The van der Waals surface area contributed by atoms with Gasteiger partial charge in [-0.05, 0) is 50.7 Å². The molecule has 26 heavy (non-hydrogen) atoms. The molecule has 1 fully saturated rings. The first-order valence-electron chi connectivity index (χ1n) is 9.32. The van der Waals surface area contributed by atoms with Gasteiger partial charge < -0.3 is 20.7 Å². The molecule has 0 heterocycles. The maximum absolute atomic E-state index is 13.7. The molecule has 1 aromatic carbocycles. The van der Waals surface area contributed by atoms with Crippen molar-refractivity contribution in [3.05, 3.63) is 35.6 Å². The van der Waals surface area contributed by atoms with E-state index >= 15 is 0 Å². The zero-order chi connectivity index (χ0) is 18.8. The van der Waals surface area contributed by atoms with Gasteiger partial charge in [-0.2, -0.15) is 0 Å². The summed E-state index contributed by atoms with van der Waals surface area (Å²) in [6, 6.07) is 6.76. The van der Waals surface area contributed by atoms with Gasteiger partial charge in [0.1, 0.15) is 5.82 Å². The molecule has 0 spiro atoms. The molecule has 1 amide bonds. The Morgan fingerprint density at radius 1 is 1.31 bits per heavy atom. The van der Waals surface area contributed by atoms with E-state index in [1.165, 1.54) is 6.07 Å². The van der Waals surface area contributed by atoms with Crippen LogP contribution in [-0.4, -0.2) is 44.3 Å². The number of ether oxygens (including phenoxy) is 1. The van der Waals surface area contributed by atoms with Crippen LogP contribution in [0.5, 0.6) is 0 Å². The lowest BCUT2D eigenvalue weighted by molar-refractivity contribution is 0.147. The Balaban J connectivity index is 1.85. The first-order chi connectivity index (χ1) is 12.6. The summed E-state index contributed by atoms with van der Waals surface area (Å²) in [5.41, 5.74) is 0.677. The normalized spacial score (nSPS) is 15.3. The van der Waals surface area contributed by atoms with Crippen molar-refractivity contribution in [2.45, 2.75) is 39.2 Å². The van der Waals surface area contributed by atoms with Crippen LogP contribution in [0.25, 0.3) is 0 Å². The first kappa shape index (κ1) is 20.0. The van der Waals surface area contributed by atoms with Gasteiger partial charge in [0, 0.05) is 13.1 Å². The number of guanidine groups is 1. The van der Waals surface area contributed by atoms with Gasteiger partial charge in [-0.25, -0.2) is 9.18 Å². The van der Waals surface area contributed by atoms with Crippen LogP contribution in [0.3, 0.4) is 0 Å². The van der Waals surface area contributed by atoms with Crippen molar-refractivity contribution in [2.24, 2.45) is 10.9 Å². The van der Waals surface area contributed by atoms with E-state index in [-0.39, 0.29) is 11.9 Å². The predicted molar refractivity (Wildman–Crippen MR) is 101 cm³/mol. The number of nitrogens with zero attached hydrogens (tertiary/aromatic N) is 1. The van der Waals surface area contributed by atoms with Crippen molar-refractivity contribution >= 4 is 12.1 Å². The SMILES string of the molecule is CCNC(=NCC(NC(=O)OCC)C1CC1)NCCc1ccccc1F. The van der Waals surface area contributed by atoms with Gasteiger partial charge in [-0.3, -0.25) is 4.99 Å². The number of hydrogen-bond donors (Lipinski definition) is 3. The highest BCUT2D eigenvalue weighted by Gasteiger charge is 2.32. The Morgan fingerprint density at radius 2 is 2.08 bits per heavy atom. The largest absolute Gasteiger partial charge is 0.450 e. The number of benzene rings is 1. The second-order valence-electron chi connectivity index (χ2n) is 6.30. The van der Waals surface area contributed by atoms with Crippen LogP contribution in [0.2, 0.25) is 0 Å². The fraction of sp³-hybridized carbons (Fsp3) is 0.579. The lowest BCUT2D eigenvalue weighted by Gasteiger charge is -2.17. The molecular weight excluding hydrogens is 335 g/mol. The molecule has 1 aromatic rings. The van der Waals surface area contributed by atoms with Crippen molar-refractivity contribution < 1.29 is 13.9 Å². The lowest BCUT2D eigenvalue weighted by atomic mass is 10.1. The molecule has 1 atom stereocenters. The van der Waals surface area contributed by atoms with Gasteiger partial charge in [-0.1, -0.05) is 18.2 Å². The highest BCUT2D eigenvalue weighted by molar-refractivity contribution is 5.79. The van der Waals surface area contributed by atoms with Crippen molar-refractivity contribution in [1.82, 2.24) is 16.0 Å². The highest BCUT2D eigenvalue weighted by Crippen LogP contribution is 2.32. The summed E-state index contributed by atoms with van der Waals surface area (Å²) in [4.78, 5) is 16.2. The number of amides is 1. The van der Waals surface area contributed by atoms with E-state index in [1.54, 1.807) is 19.1 Å². The van der Waals surface area contributed by atoms with E-state index in [1.807, 2.05) is 13.0 Å². The molecule has 3 N–H and O–H groups in total. The molecule has 2 rings (SSSR count). The van der Waals surface area contributed by atoms with E-state index in [0.29, 0.717) is 43.6 Å². The number of halogens is 1. The minimum Gasteiger partial charge on any atom is -0.450 e. The third-order valence-corrected chi connectivity index (χ3v) is 4.20. The van der Waals surface area contributed by atoms with Crippen molar-refractivity contribution in [3.8, 4) is 0 Å². The van der Waals surface area contributed by atoms with Gasteiger partial charge in [0.05, 0.1) is 19.2 Å². The number of aliphatic imine (C=N–C) groups is 1. The second-order valence-corrected chi connectivity index (χ2v) is 6.30. The van der Waals surface area contributed by atoms with Crippen LogP contribution in [0.1, 0.15) is 32.3 Å². The molecule has 0 aliphatic heterocycles. The number of alkyl carbamates (subject to hydrolysis) is 1. The number of carbonyl (C=O) groups excluding carboxylic acids is 1. The van der Waals surface area contributed by atoms with Crippen molar-refractivity contribution in [1.29, 1.82) is 0 Å². The third kappa shape index (κ3) is 6.90. The smallest absolute Gasteiger partial charge is 0.407 e. The Bertz CT molecular complexity index is 605. The first-order valence-corrected chi connectivity index (χ1v) is 9.32. The summed E-state index contributed by atoms with van der Waals surface area (Å²) in [5, 5.41) is 9.29. The number of rotatable bonds is 9. The highest BCUT2D eigenvalue weighted by atomic mass is 19.1. The molecular formula is C19H29FN4O2. The van der Waals surface area contributed by atoms with Crippen molar-refractivity contribution in [2.75, 3.05) is 26.2 Å². The van der Waals surface area contributed by atoms with Gasteiger partial charge >= 0.3 is 6.09 Å². The molecule has 1 saturated carbocycles. The summed E-state index contributed by atoms with van der Waals surface area (Å²) in [6.45, 7) is 5.91. The molecule has 0 saturated heterocycles. The average Bonchev–Trinajstić information content (AvgIpc) is 3.45. The third-order valence-electron chi connectivity index (χ3n) is 4.20. The minimum absolute atomic E-state index is 0.0175. The van der Waals surface area contributed by atoms with E-state index in [9.17, 15) is 9.18 Å². The molecule has 0 bridgehead atoms. The van der Waals surface area contributed by atoms with Crippen LogP contribution >= 0.6 is 0 Å². The predicted octanol–water partition coefficient (Wildman–Crippen LogP) is 2.45. The number of nitrogens with one attached hydrogen (secondary N) is 3. The van der Waals surface area contributed by atoms with E-state index in [4.69, 9.17) is 4.74 Å². The van der Waals surface area contributed by atoms with Crippen LogP contribution in [0.15, 0.2) is 29.3 Å².